The minimum Gasteiger partial charge on any atom is -0.341 e. The van der Waals surface area contributed by atoms with E-state index in [4.69, 9.17) is 0 Å². The van der Waals surface area contributed by atoms with E-state index in [0.29, 0.717) is 32.4 Å². The number of hydrogen-bond donors (Lipinski definition) is 0. The van der Waals surface area contributed by atoms with Crippen LogP contribution in [0.5, 0.6) is 0 Å². The van der Waals surface area contributed by atoms with E-state index in [0.717, 1.165) is 12.3 Å². The molecule has 1 aliphatic rings. The molecule has 0 radical (unpaired) electrons. The van der Waals surface area contributed by atoms with Crippen LogP contribution in [0, 0.1) is 0 Å². The van der Waals surface area contributed by atoms with Crippen LogP contribution in [0.15, 0.2) is 12.3 Å². The van der Waals surface area contributed by atoms with E-state index in [1.165, 1.54) is 6.26 Å². The van der Waals surface area contributed by atoms with Crippen molar-refractivity contribution < 1.29 is 21.6 Å². The van der Waals surface area contributed by atoms with E-state index < -0.39 is 27.0 Å². The van der Waals surface area contributed by atoms with Gasteiger partial charge in [0.05, 0.1) is 5.25 Å². The molecule has 1 aliphatic heterocycles. The van der Waals surface area contributed by atoms with Gasteiger partial charge >= 0.3 is 6.18 Å². The van der Waals surface area contributed by atoms with E-state index in [1.54, 1.807) is 4.90 Å². The molecule has 1 fully saturated rings. The molecular formula is C12H16F3N3O2S. The number of alkyl halides is 3. The lowest BCUT2D eigenvalue weighted by molar-refractivity contribution is -0.141. The van der Waals surface area contributed by atoms with Crippen molar-refractivity contribution in [1.29, 1.82) is 0 Å². The van der Waals surface area contributed by atoms with Crippen LogP contribution in [0.25, 0.3) is 0 Å². The Morgan fingerprint density at radius 3 is 2.62 bits per heavy atom. The van der Waals surface area contributed by atoms with Crippen molar-refractivity contribution in [2.24, 2.45) is 0 Å². The molecule has 0 saturated carbocycles. The molecular weight excluding hydrogens is 307 g/mol. The standard InChI is InChI=1S/C12H16F3N3O2S/c1-21(19,20)9-3-2-7-18(8-5-9)11-16-6-4-10(17-11)12(13,14)15/h4,6,9H,2-3,5,7-8H2,1H3. The van der Waals surface area contributed by atoms with Gasteiger partial charge in [0.1, 0.15) is 15.5 Å². The molecule has 2 rings (SSSR count). The van der Waals surface area contributed by atoms with Crippen LogP contribution < -0.4 is 4.90 Å². The molecule has 0 amide bonds. The molecule has 1 aromatic rings. The molecule has 0 spiro atoms. The highest BCUT2D eigenvalue weighted by Crippen LogP contribution is 2.28. The van der Waals surface area contributed by atoms with E-state index >= 15 is 0 Å². The van der Waals surface area contributed by atoms with Gasteiger partial charge in [-0.05, 0) is 25.3 Å². The van der Waals surface area contributed by atoms with Gasteiger partial charge in [0.2, 0.25) is 5.95 Å². The van der Waals surface area contributed by atoms with Crippen molar-refractivity contribution in [3.05, 3.63) is 18.0 Å². The molecule has 9 heteroatoms. The molecule has 0 aliphatic carbocycles. The highest BCUT2D eigenvalue weighted by atomic mass is 32.2. The third kappa shape index (κ3) is 4.05. The van der Waals surface area contributed by atoms with Crippen molar-refractivity contribution in [3.63, 3.8) is 0 Å². The van der Waals surface area contributed by atoms with Gasteiger partial charge in [-0.2, -0.15) is 13.2 Å². The quantitative estimate of drug-likeness (QED) is 0.832. The summed E-state index contributed by atoms with van der Waals surface area (Å²) < 4.78 is 61.1. The summed E-state index contributed by atoms with van der Waals surface area (Å²) in [5.41, 5.74) is -0.989. The van der Waals surface area contributed by atoms with E-state index in [2.05, 4.69) is 9.97 Å². The van der Waals surface area contributed by atoms with E-state index in [-0.39, 0.29) is 5.95 Å². The molecule has 0 bridgehead atoms. The monoisotopic (exact) mass is 323 g/mol. The largest absolute Gasteiger partial charge is 0.433 e. The zero-order valence-corrected chi connectivity index (χ0v) is 12.3. The lowest BCUT2D eigenvalue weighted by Gasteiger charge is -2.21. The van der Waals surface area contributed by atoms with Gasteiger partial charge in [0.15, 0.2) is 0 Å². The Labute approximate surface area is 121 Å². The second-order valence-electron chi connectivity index (χ2n) is 5.11. The predicted octanol–water partition coefficient (Wildman–Crippen LogP) is 1.90. The van der Waals surface area contributed by atoms with Crippen LogP contribution in [-0.2, 0) is 16.0 Å². The second-order valence-corrected chi connectivity index (χ2v) is 7.43. The first-order chi connectivity index (χ1) is 9.68. The molecule has 1 saturated heterocycles. The van der Waals surface area contributed by atoms with Crippen molar-refractivity contribution in [3.8, 4) is 0 Å². The predicted molar refractivity (Wildman–Crippen MR) is 71.7 cm³/mol. The van der Waals surface area contributed by atoms with Crippen molar-refractivity contribution in [2.45, 2.75) is 30.7 Å². The summed E-state index contributed by atoms with van der Waals surface area (Å²) in [4.78, 5) is 9.02. The van der Waals surface area contributed by atoms with Crippen molar-refractivity contribution >= 4 is 15.8 Å². The van der Waals surface area contributed by atoms with Crippen LogP contribution in [0.3, 0.4) is 0 Å². The molecule has 1 atom stereocenters. The fourth-order valence-corrected chi connectivity index (χ4v) is 3.48. The lowest BCUT2D eigenvalue weighted by atomic mass is 10.2. The van der Waals surface area contributed by atoms with Crippen LogP contribution in [0.2, 0.25) is 0 Å². The summed E-state index contributed by atoms with van der Waals surface area (Å²) in [7, 11) is -3.13. The van der Waals surface area contributed by atoms with E-state index in [9.17, 15) is 21.6 Å². The number of anilines is 1. The summed E-state index contributed by atoms with van der Waals surface area (Å²) in [5, 5.41) is -0.451. The highest BCUT2D eigenvalue weighted by Gasteiger charge is 2.33. The first-order valence-electron chi connectivity index (χ1n) is 6.52. The third-order valence-electron chi connectivity index (χ3n) is 3.50. The molecule has 2 heterocycles. The molecule has 21 heavy (non-hydrogen) atoms. The van der Waals surface area contributed by atoms with Crippen LogP contribution in [0.4, 0.5) is 19.1 Å². The van der Waals surface area contributed by atoms with Gasteiger partial charge in [-0.1, -0.05) is 0 Å². The Morgan fingerprint density at radius 1 is 1.29 bits per heavy atom. The molecule has 0 aromatic carbocycles. The first kappa shape index (κ1) is 16.0. The maximum atomic E-state index is 12.6. The number of sulfone groups is 1. The van der Waals surface area contributed by atoms with Gasteiger partial charge < -0.3 is 4.90 Å². The molecule has 0 N–H and O–H groups in total. The Kier molecular flexibility index (Phi) is 4.40. The van der Waals surface area contributed by atoms with Gasteiger partial charge in [-0.25, -0.2) is 18.4 Å². The van der Waals surface area contributed by atoms with Gasteiger partial charge in [-0.15, -0.1) is 0 Å². The summed E-state index contributed by atoms with van der Waals surface area (Å²) in [5.74, 6) is -0.000948. The normalized spacial score (nSPS) is 21.1. The van der Waals surface area contributed by atoms with Crippen molar-refractivity contribution in [1.82, 2.24) is 9.97 Å². The van der Waals surface area contributed by atoms with Crippen LogP contribution >= 0.6 is 0 Å². The third-order valence-corrected chi connectivity index (χ3v) is 5.18. The van der Waals surface area contributed by atoms with E-state index in [1.807, 2.05) is 0 Å². The summed E-state index contributed by atoms with van der Waals surface area (Å²) >= 11 is 0. The highest BCUT2D eigenvalue weighted by molar-refractivity contribution is 7.91. The fourth-order valence-electron chi connectivity index (χ4n) is 2.35. The Balaban J connectivity index is 2.16. The summed E-state index contributed by atoms with van der Waals surface area (Å²) in [6.45, 7) is 0.784. The first-order valence-corrected chi connectivity index (χ1v) is 8.47. The average Bonchev–Trinajstić information content (AvgIpc) is 2.63. The van der Waals surface area contributed by atoms with Crippen LogP contribution in [0.1, 0.15) is 25.0 Å². The second kappa shape index (κ2) is 5.78. The Morgan fingerprint density at radius 2 is 2.00 bits per heavy atom. The SMILES string of the molecule is CS(=O)(=O)C1CCCN(c2nccc(C(F)(F)F)n2)CC1. The number of hydrogen-bond acceptors (Lipinski definition) is 5. The van der Waals surface area contributed by atoms with Gasteiger partial charge in [0.25, 0.3) is 0 Å². The van der Waals surface area contributed by atoms with Crippen LogP contribution in [-0.4, -0.2) is 43.0 Å². The van der Waals surface area contributed by atoms with Gasteiger partial charge in [0, 0.05) is 25.5 Å². The minimum absolute atomic E-state index is 0.000948. The van der Waals surface area contributed by atoms with Crippen molar-refractivity contribution in [2.75, 3.05) is 24.2 Å². The fraction of sp³-hybridized carbons (Fsp3) is 0.667. The Bertz CT molecular complexity index is 604. The topological polar surface area (TPSA) is 63.2 Å². The average molecular weight is 323 g/mol. The molecule has 118 valence electrons. The lowest BCUT2D eigenvalue weighted by Crippen LogP contribution is -2.28. The molecule has 1 unspecified atom stereocenters. The summed E-state index contributed by atoms with van der Waals surface area (Å²) in [6.07, 6.45) is -0.791. The molecule has 5 nitrogen and oxygen atoms in total. The number of rotatable bonds is 2. The summed E-state index contributed by atoms with van der Waals surface area (Å²) in [6, 6.07) is 0.820. The van der Waals surface area contributed by atoms with Gasteiger partial charge in [-0.3, -0.25) is 0 Å². The maximum Gasteiger partial charge on any atom is 0.433 e. The smallest absolute Gasteiger partial charge is 0.341 e. The zero-order valence-electron chi connectivity index (χ0n) is 11.5. The zero-order chi connectivity index (χ0) is 15.7. The molecule has 1 aromatic heterocycles. The minimum atomic E-state index is -4.52. The number of aromatic nitrogens is 2. The number of halogens is 3. The maximum absolute atomic E-state index is 12.6. The Hall–Kier alpha value is -1.38. The number of nitrogens with zero attached hydrogens (tertiary/aromatic N) is 3.